The SMILES string of the molecule is CCSc1nc2n(n1)[C@H](c1ccccc1OC)[C@H]1C(=O)CCC=C1N2. The summed E-state index contributed by atoms with van der Waals surface area (Å²) in [6.45, 7) is 2.07. The van der Waals surface area contributed by atoms with Crippen LogP contribution in [0.25, 0.3) is 0 Å². The van der Waals surface area contributed by atoms with E-state index in [-0.39, 0.29) is 17.7 Å². The molecule has 0 amide bonds. The first-order valence-electron chi connectivity index (χ1n) is 8.45. The number of hydrogen-bond acceptors (Lipinski definition) is 6. The summed E-state index contributed by atoms with van der Waals surface area (Å²) in [5.41, 5.74) is 1.89. The second kappa shape index (κ2) is 6.55. The average molecular weight is 356 g/mol. The number of anilines is 1. The molecule has 0 saturated heterocycles. The molecule has 1 aromatic carbocycles. The molecule has 7 heteroatoms. The summed E-state index contributed by atoms with van der Waals surface area (Å²) in [5, 5.41) is 8.71. The molecule has 2 aromatic rings. The van der Waals surface area contributed by atoms with E-state index in [0.29, 0.717) is 12.4 Å². The molecule has 1 N–H and O–H groups in total. The van der Waals surface area contributed by atoms with Gasteiger partial charge in [0.05, 0.1) is 19.1 Å². The average Bonchev–Trinajstić information content (AvgIpc) is 3.02. The van der Waals surface area contributed by atoms with E-state index in [2.05, 4.69) is 28.4 Å². The number of allylic oxidation sites excluding steroid dienone is 2. The molecule has 0 bridgehead atoms. The monoisotopic (exact) mass is 356 g/mol. The van der Waals surface area contributed by atoms with Crippen LogP contribution in [0, 0.1) is 5.92 Å². The van der Waals surface area contributed by atoms with Crippen molar-refractivity contribution < 1.29 is 9.53 Å². The second-order valence-electron chi connectivity index (χ2n) is 6.05. The van der Waals surface area contributed by atoms with Gasteiger partial charge in [-0.2, -0.15) is 4.98 Å². The number of benzene rings is 1. The predicted octanol–water partition coefficient (Wildman–Crippen LogP) is 3.28. The number of thioether (sulfide) groups is 1. The van der Waals surface area contributed by atoms with Gasteiger partial charge in [0.25, 0.3) is 0 Å². The van der Waals surface area contributed by atoms with Gasteiger partial charge in [-0.15, -0.1) is 5.10 Å². The minimum absolute atomic E-state index is 0.228. The number of hydrogen-bond donors (Lipinski definition) is 1. The summed E-state index contributed by atoms with van der Waals surface area (Å²) in [5.74, 6) is 2.29. The lowest BCUT2D eigenvalue weighted by atomic mass is 9.80. The molecular weight excluding hydrogens is 336 g/mol. The quantitative estimate of drug-likeness (QED) is 0.848. The highest BCUT2D eigenvalue weighted by Crippen LogP contribution is 2.44. The number of ketones is 1. The van der Waals surface area contributed by atoms with Crippen LogP contribution in [0.2, 0.25) is 0 Å². The van der Waals surface area contributed by atoms with Crippen molar-refractivity contribution >= 4 is 23.5 Å². The fourth-order valence-electron chi connectivity index (χ4n) is 3.57. The van der Waals surface area contributed by atoms with E-state index < -0.39 is 0 Å². The maximum atomic E-state index is 12.8. The molecule has 2 aliphatic rings. The molecule has 130 valence electrons. The zero-order valence-corrected chi connectivity index (χ0v) is 15.0. The van der Waals surface area contributed by atoms with E-state index in [0.717, 1.165) is 34.3 Å². The van der Waals surface area contributed by atoms with Crippen molar-refractivity contribution in [3.8, 4) is 5.75 Å². The van der Waals surface area contributed by atoms with E-state index >= 15 is 0 Å². The Hall–Kier alpha value is -2.28. The van der Waals surface area contributed by atoms with Gasteiger partial charge >= 0.3 is 0 Å². The normalized spacial score (nSPS) is 21.8. The fraction of sp³-hybridized carbons (Fsp3) is 0.389. The van der Waals surface area contributed by atoms with Gasteiger partial charge < -0.3 is 10.1 Å². The van der Waals surface area contributed by atoms with Crippen molar-refractivity contribution in [3.63, 3.8) is 0 Å². The Morgan fingerprint density at radius 1 is 1.40 bits per heavy atom. The smallest absolute Gasteiger partial charge is 0.227 e. The number of aromatic nitrogens is 3. The lowest BCUT2D eigenvalue weighted by Gasteiger charge is -2.36. The number of carbonyl (C=O) groups is 1. The highest BCUT2D eigenvalue weighted by molar-refractivity contribution is 7.99. The zero-order chi connectivity index (χ0) is 17.4. The summed E-state index contributed by atoms with van der Waals surface area (Å²) in [6, 6.07) is 7.59. The van der Waals surface area contributed by atoms with Crippen LogP contribution in [-0.2, 0) is 4.79 Å². The number of para-hydroxylation sites is 1. The van der Waals surface area contributed by atoms with Crippen LogP contribution in [0.15, 0.2) is 41.2 Å². The van der Waals surface area contributed by atoms with Gasteiger partial charge in [0, 0.05) is 17.7 Å². The Balaban J connectivity index is 1.90. The minimum Gasteiger partial charge on any atom is -0.496 e. The van der Waals surface area contributed by atoms with E-state index in [1.807, 2.05) is 28.9 Å². The topological polar surface area (TPSA) is 69.0 Å². The van der Waals surface area contributed by atoms with Gasteiger partial charge in [-0.25, -0.2) is 4.68 Å². The van der Waals surface area contributed by atoms with Crippen LogP contribution in [0.4, 0.5) is 5.95 Å². The highest BCUT2D eigenvalue weighted by Gasteiger charge is 2.42. The largest absolute Gasteiger partial charge is 0.496 e. The van der Waals surface area contributed by atoms with Crippen LogP contribution in [0.5, 0.6) is 5.75 Å². The molecular formula is C18H20N4O2S. The van der Waals surface area contributed by atoms with Gasteiger partial charge in [-0.3, -0.25) is 4.79 Å². The first-order valence-corrected chi connectivity index (χ1v) is 9.43. The summed E-state index contributed by atoms with van der Waals surface area (Å²) >= 11 is 1.59. The third kappa shape index (κ3) is 2.72. The van der Waals surface area contributed by atoms with Crippen LogP contribution >= 0.6 is 11.8 Å². The molecule has 0 fully saturated rings. The van der Waals surface area contributed by atoms with Crippen molar-refractivity contribution in [3.05, 3.63) is 41.6 Å². The summed E-state index contributed by atoms with van der Waals surface area (Å²) < 4.78 is 7.41. The lowest BCUT2D eigenvalue weighted by Crippen LogP contribution is -2.38. The van der Waals surface area contributed by atoms with Gasteiger partial charge in [0.15, 0.2) is 0 Å². The third-order valence-electron chi connectivity index (χ3n) is 4.62. The lowest BCUT2D eigenvalue weighted by molar-refractivity contribution is -0.123. The summed E-state index contributed by atoms with van der Waals surface area (Å²) in [6.07, 6.45) is 3.43. The number of methoxy groups -OCH3 is 1. The Bertz CT molecular complexity index is 845. The van der Waals surface area contributed by atoms with Gasteiger partial charge in [0.1, 0.15) is 11.5 Å². The molecule has 0 spiro atoms. The third-order valence-corrected chi connectivity index (χ3v) is 5.33. The van der Waals surface area contributed by atoms with Gasteiger partial charge in [0.2, 0.25) is 11.1 Å². The molecule has 4 rings (SSSR count). The molecule has 2 heterocycles. The van der Waals surface area contributed by atoms with Gasteiger partial charge in [-0.1, -0.05) is 43.0 Å². The summed E-state index contributed by atoms with van der Waals surface area (Å²) in [7, 11) is 1.65. The Morgan fingerprint density at radius 3 is 3.04 bits per heavy atom. The number of fused-ring (bicyclic) bond motifs is 2. The minimum atomic E-state index is -0.279. The Morgan fingerprint density at radius 2 is 2.24 bits per heavy atom. The number of ether oxygens (including phenoxy) is 1. The molecule has 6 nitrogen and oxygen atoms in total. The maximum absolute atomic E-state index is 12.8. The number of nitrogens with zero attached hydrogens (tertiary/aromatic N) is 3. The molecule has 2 atom stereocenters. The van der Waals surface area contributed by atoms with Crippen molar-refractivity contribution in [1.82, 2.24) is 14.8 Å². The number of carbonyl (C=O) groups excluding carboxylic acids is 1. The molecule has 0 saturated carbocycles. The van der Waals surface area contributed by atoms with E-state index in [1.54, 1.807) is 18.9 Å². The molecule has 1 aromatic heterocycles. The number of nitrogens with one attached hydrogen (secondary N) is 1. The van der Waals surface area contributed by atoms with Crippen LogP contribution in [-0.4, -0.2) is 33.4 Å². The first-order chi connectivity index (χ1) is 12.2. The van der Waals surface area contributed by atoms with E-state index in [1.165, 1.54) is 0 Å². The maximum Gasteiger partial charge on any atom is 0.227 e. The molecule has 0 unspecified atom stereocenters. The first kappa shape index (κ1) is 16.2. The molecule has 25 heavy (non-hydrogen) atoms. The highest BCUT2D eigenvalue weighted by atomic mass is 32.2. The zero-order valence-electron chi connectivity index (χ0n) is 14.2. The van der Waals surface area contributed by atoms with Crippen molar-refractivity contribution in [2.75, 3.05) is 18.2 Å². The molecule has 1 aliphatic carbocycles. The van der Waals surface area contributed by atoms with Crippen molar-refractivity contribution in [2.45, 2.75) is 31.0 Å². The van der Waals surface area contributed by atoms with Crippen LogP contribution < -0.4 is 10.1 Å². The van der Waals surface area contributed by atoms with E-state index in [4.69, 9.17) is 4.74 Å². The van der Waals surface area contributed by atoms with E-state index in [9.17, 15) is 4.79 Å². The molecule has 0 radical (unpaired) electrons. The second-order valence-corrected chi connectivity index (χ2v) is 7.28. The van der Waals surface area contributed by atoms with Gasteiger partial charge in [-0.05, 0) is 18.2 Å². The summed E-state index contributed by atoms with van der Waals surface area (Å²) in [4.78, 5) is 17.4. The van der Waals surface area contributed by atoms with Crippen LogP contribution in [0.1, 0.15) is 31.4 Å². The van der Waals surface area contributed by atoms with Crippen molar-refractivity contribution in [1.29, 1.82) is 0 Å². The number of rotatable bonds is 4. The Labute approximate surface area is 150 Å². The Kier molecular flexibility index (Phi) is 4.25. The molecule has 1 aliphatic heterocycles. The predicted molar refractivity (Wildman–Crippen MR) is 97.0 cm³/mol. The van der Waals surface area contributed by atoms with Crippen molar-refractivity contribution in [2.24, 2.45) is 5.92 Å². The standard InChI is InChI=1S/C18H20N4O2S/c1-3-25-18-20-17-19-12-8-6-9-13(23)15(12)16(22(17)21-18)11-7-4-5-10-14(11)24-2/h4-5,7-8,10,15-16H,3,6,9H2,1-2H3,(H,19,20,21)/t15-,16-/m1/s1. The number of Topliss-reactive ketones (excluding diaryl/α,β-unsaturated/α-hetero) is 1. The fourth-order valence-corrected chi connectivity index (χ4v) is 4.12. The van der Waals surface area contributed by atoms with Crippen LogP contribution in [0.3, 0.4) is 0 Å².